The minimum atomic E-state index is -3.73. The summed E-state index contributed by atoms with van der Waals surface area (Å²) in [5.41, 5.74) is 0.408. The Hall–Kier alpha value is -1.64. The quantitative estimate of drug-likeness (QED) is 0.878. The summed E-state index contributed by atoms with van der Waals surface area (Å²) in [6, 6.07) is 4.30. The van der Waals surface area contributed by atoms with Crippen molar-refractivity contribution in [2.45, 2.75) is 18.4 Å². The van der Waals surface area contributed by atoms with Crippen LogP contribution in [-0.2, 0) is 16.6 Å². The van der Waals surface area contributed by atoms with Crippen molar-refractivity contribution in [3.8, 4) is 5.75 Å². The molecule has 0 bridgehead atoms. The minimum Gasteiger partial charge on any atom is -0.496 e. The van der Waals surface area contributed by atoms with E-state index in [9.17, 15) is 13.5 Å². The molecule has 1 aromatic heterocycles. The Kier molecular flexibility index (Phi) is 4.26. The van der Waals surface area contributed by atoms with Crippen molar-refractivity contribution in [2.75, 3.05) is 11.8 Å². The van der Waals surface area contributed by atoms with Crippen LogP contribution in [0.15, 0.2) is 29.3 Å². The number of aryl methyl sites for hydroxylation is 1. The number of rotatable bonds is 5. The van der Waals surface area contributed by atoms with Gasteiger partial charge >= 0.3 is 0 Å². The SMILES string of the molecule is COc1ccc(S(=O)(=O)Nc2ncc(C)s2)cc1CO. The highest BCUT2D eigenvalue weighted by atomic mass is 32.2. The summed E-state index contributed by atoms with van der Waals surface area (Å²) in [6.07, 6.45) is 1.59. The van der Waals surface area contributed by atoms with E-state index in [1.165, 1.54) is 36.6 Å². The van der Waals surface area contributed by atoms with Crippen LogP contribution in [0, 0.1) is 6.92 Å². The lowest BCUT2D eigenvalue weighted by atomic mass is 10.2. The monoisotopic (exact) mass is 314 g/mol. The molecular weight excluding hydrogens is 300 g/mol. The molecule has 1 heterocycles. The van der Waals surface area contributed by atoms with Crippen molar-refractivity contribution in [1.29, 1.82) is 0 Å². The Balaban J connectivity index is 2.34. The maximum atomic E-state index is 12.2. The molecule has 0 aliphatic rings. The molecule has 0 aliphatic heterocycles. The van der Waals surface area contributed by atoms with Gasteiger partial charge in [-0.2, -0.15) is 0 Å². The Morgan fingerprint density at radius 1 is 1.45 bits per heavy atom. The van der Waals surface area contributed by atoms with Gasteiger partial charge in [0, 0.05) is 16.6 Å². The molecule has 0 saturated carbocycles. The van der Waals surface area contributed by atoms with E-state index in [1.807, 2.05) is 6.92 Å². The van der Waals surface area contributed by atoms with E-state index in [0.29, 0.717) is 16.4 Å². The third-order valence-corrected chi connectivity index (χ3v) is 4.87. The number of anilines is 1. The smallest absolute Gasteiger partial charge is 0.263 e. The molecule has 20 heavy (non-hydrogen) atoms. The van der Waals surface area contributed by atoms with E-state index >= 15 is 0 Å². The van der Waals surface area contributed by atoms with Crippen molar-refractivity contribution in [3.05, 3.63) is 34.8 Å². The van der Waals surface area contributed by atoms with Gasteiger partial charge in [-0.3, -0.25) is 4.72 Å². The fourth-order valence-corrected chi connectivity index (χ4v) is 3.58. The summed E-state index contributed by atoms with van der Waals surface area (Å²) < 4.78 is 31.9. The average Bonchev–Trinajstić information content (AvgIpc) is 2.82. The van der Waals surface area contributed by atoms with E-state index < -0.39 is 10.0 Å². The summed E-state index contributed by atoms with van der Waals surface area (Å²) in [4.78, 5) is 4.92. The Morgan fingerprint density at radius 2 is 2.20 bits per heavy atom. The van der Waals surface area contributed by atoms with Gasteiger partial charge in [0.2, 0.25) is 0 Å². The maximum Gasteiger partial charge on any atom is 0.263 e. The van der Waals surface area contributed by atoms with E-state index in [-0.39, 0.29) is 11.5 Å². The number of nitrogens with one attached hydrogen (secondary N) is 1. The fraction of sp³-hybridized carbons (Fsp3) is 0.250. The summed E-state index contributed by atoms with van der Waals surface area (Å²) >= 11 is 1.25. The van der Waals surface area contributed by atoms with Crippen LogP contribution in [0.25, 0.3) is 0 Å². The molecule has 0 atom stereocenters. The van der Waals surface area contributed by atoms with Crippen LogP contribution >= 0.6 is 11.3 Å². The lowest BCUT2D eigenvalue weighted by Gasteiger charge is -2.09. The molecule has 2 rings (SSSR count). The summed E-state index contributed by atoms with van der Waals surface area (Å²) in [7, 11) is -2.27. The van der Waals surface area contributed by atoms with Crippen LogP contribution in [-0.4, -0.2) is 25.6 Å². The summed E-state index contributed by atoms with van der Waals surface area (Å²) in [5, 5.41) is 9.54. The molecule has 108 valence electrons. The number of ether oxygens (including phenoxy) is 1. The second kappa shape index (κ2) is 5.78. The fourth-order valence-electron chi connectivity index (χ4n) is 1.62. The molecule has 0 saturated heterocycles. The van der Waals surface area contributed by atoms with Crippen LogP contribution in [0.4, 0.5) is 5.13 Å². The first-order chi connectivity index (χ1) is 9.46. The summed E-state index contributed by atoms with van der Waals surface area (Å²) in [5.74, 6) is 0.441. The molecule has 2 N–H and O–H groups in total. The number of benzene rings is 1. The van der Waals surface area contributed by atoms with Crippen molar-refractivity contribution in [1.82, 2.24) is 4.98 Å². The van der Waals surface area contributed by atoms with Crippen molar-refractivity contribution in [2.24, 2.45) is 0 Å². The highest BCUT2D eigenvalue weighted by Crippen LogP contribution is 2.25. The first-order valence-corrected chi connectivity index (χ1v) is 7.99. The van der Waals surface area contributed by atoms with Gasteiger partial charge < -0.3 is 9.84 Å². The molecule has 0 aliphatic carbocycles. The normalized spacial score (nSPS) is 11.3. The van der Waals surface area contributed by atoms with Gasteiger partial charge in [-0.15, -0.1) is 11.3 Å². The number of aliphatic hydroxyl groups is 1. The second-order valence-electron chi connectivity index (χ2n) is 4.01. The molecule has 8 heteroatoms. The third kappa shape index (κ3) is 3.09. The molecule has 2 aromatic rings. The van der Waals surface area contributed by atoms with E-state index in [2.05, 4.69) is 9.71 Å². The molecular formula is C12H14N2O4S2. The number of hydrogen-bond donors (Lipinski definition) is 2. The number of aliphatic hydroxyl groups excluding tert-OH is 1. The van der Waals surface area contributed by atoms with Gasteiger partial charge in [0.25, 0.3) is 10.0 Å². The zero-order chi connectivity index (χ0) is 14.8. The number of nitrogens with zero attached hydrogens (tertiary/aromatic N) is 1. The summed E-state index contributed by atoms with van der Waals surface area (Å²) in [6.45, 7) is 1.54. The first kappa shape index (κ1) is 14.8. The van der Waals surface area contributed by atoms with Gasteiger partial charge in [0.1, 0.15) is 5.75 Å². The topological polar surface area (TPSA) is 88.5 Å². The largest absolute Gasteiger partial charge is 0.496 e. The van der Waals surface area contributed by atoms with Crippen LogP contribution in [0.5, 0.6) is 5.75 Å². The number of thiazole rings is 1. The van der Waals surface area contributed by atoms with Crippen LogP contribution in [0.3, 0.4) is 0 Å². The van der Waals surface area contributed by atoms with Gasteiger partial charge in [0.15, 0.2) is 5.13 Å². The molecule has 0 spiro atoms. The van der Waals surface area contributed by atoms with E-state index in [4.69, 9.17) is 4.74 Å². The van der Waals surface area contributed by atoms with Gasteiger partial charge in [-0.25, -0.2) is 13.4 Å². The molecule has 6 nitrogen and oxygen atoms in total. The van der Waals surface area contributed by atoms with Crippen molar-refractivity contribution >= 4 is 26.5 Å². The van der Waals surface area contributed by atoms with Crippen LogP contribution in [0.2, 0.25) is 0 Å². The number of hydrogen-bond acceptors (Lipinski definition) is 6. The van der Waals surface area contributed by atoms with Gasteiger partial charge in [-0.05, 0) is 25.1 Å². The predicted molar refractivity (Wildman–Crippen MR) is 76.6 cm³/mol. The number of methoxy groups -OCH3 is 1. The highest BCUT2D eigenvalue weighted by molar-refractivity contribution is 7.93. The highest BCUT2D eigenvalue weighted by Gasteiger charge is 2.17. The lowest BCUT2D eigenvalue weighted by molar-refractivity contribution is 0.273. The predicted octanol–water partition coefficient (Wildman–Crippen LogP) is 1.75. The van der Waals surface area contributed by atoms with Crippen LogP contribution in [0.1, 0.15) is 10.4 Å². The molecule has 0 amide bonds. The van der Waals surface area contributed by atoms with E-state index in [0.717, 1.165) is 4.88 Å². The Labute approximate surface area is 121 Å². The molecule has 1 aromatic carbocycles. The average molecular weight is 314 g/mol. The van der Waals surface area contributed by atoms with Gasteiger partial charge in [0.05, 0.1) is 18.6 Å². The van der Waals surface area contributed by atoms with Crippen LogP contribution < -0.4 is 9.46 Å². The maximum absolute atomic E-state index is 12.2. The molecule has 0 fully saturated rings. The Morgan fingerprint density at radius 3 is 2.75 bits per heavy atom. The standard InChI is InChI=1S/C12H14N2O4S2/c1-8-6-13-12(19-8)14-20(16,17)10-3-4-11(18-2)9(5-10)7-15/h3-6,15H,7H2,1-2H3,(H,13,14). The lowest BCUT2D eigenvalue weighted by Crippen LogP contribution is -2.13. The van der Waals surface area contributed by atoms with E-state index in [1.54, 1.807) is 6.20 Å². The Bertz CT molecular complexity index is 710. The van der Waals surface area contributed by atoms with Crippen molar-refractivity contribution in [3.63, 3.8) is 0 Å². The second-order valence-corrected chi connectivity index (χ2v) is 6.93. The van der Waals surface area contributed by atoms with Gasteiger partial charge in [-0.1, -0.05) is 0 Å². The van der Waals surface area contributed by atoms with Crippen molar-refractivity contribution < 1.29 is 18.3 Å². The number of aromatic nitrogens is 1. The third-order valence-electron chi connectivity index (χ3n) is 2.58. The molecule has 0 unspecified atom stereocenters. The molecule has 0 radical (unpaired) electrons. The minimum absolute atomic E-state index is 0.0511. The zero-order valence-corrected chi connectivity index (χ0v) is 12.6. The zero-order valence-electron chi connectivity index (χ0n) is 11.0. The number of sulfonamides is 1. The first-order valence-electron chi connectivity index (χ1n) is 5.69.